The predicted octanol–water partition coefficient (Wildman–Crippen LogP) is 1.48. The smallest absolute Gasteiger partial charge is 0.325 e. The lowest BCUT2D eigenvalue weighted by Gasteiger charge is -2.17. The zero-order valence-corrected chi connectivity index (χ0v) is 12.2. The van der Waals surface area contributed by atoms with Gasteiger partial charge in [-0.3, -0.25) is 9.36 Å². The Morgan fingerprint density at radius 1 is 1.38 bits per heavy atom. The Balaban J connectivity index is 2.08. The van der Waals surface area contributed by atoms with Crippen LogP contribution in [0.4, 0.5) is 5.69 Å². The standard InChI is InChI=1S/C15H20N4O2/c1-3-10(2)13(16)14(20)18-11-4-6-12(7-5-11)19-9-8-17-15(19)21/h4-10,13H,3,16H2,1-2H3,(H,17,21)(H,18,20)/t10-,13-/m0/s1. The Labute approximate surface area is 123 Å². The number of anilines is 1. The summed E-state index contributed by atoms with van der Waals surface area (Å²) in [7, 11) is 0. The van der Waals surface area contributed by atoms with E-state index in [-0.39, 0.29) is 17.5 Å². The molecule has 4 N–H and O–H groups in total. The molecule has 0 aliphatic rings. The van der Waals surface area contributed by atoms with Crippen LogP contribution in [0.2, 0.25) is 0 Å². The van der Waals surface area contributed by atoms with Crippen molar-refractivity contribution in [2.75, 3.05) is 5.32 Å². The van der Waals surface area contributed by atoms with E-state index in [1.54, 1.807) is 36.7 Å². The number of imidazole rings is 1. The van der Waals surface area contributed by atoms with Gasteiger partial charge in [0.25, 0.3) is 0 Å². The van der Waals surface area contributed by atoms with E-state index in [9.17, 15) is 9.59 Å². The molecule has 1 aromatic carbocycles. The third-order valence-electron chi connectivity index (χ3n) is 3.62. The number of nitrogens with one attached hydrogen (secondary N) is 2. The van der Waals surface area contributed by atoms with Crippen LogP contribution in [-0.4, -0.2) is 21.5 Å². The molecular weight excluding hydrogens is 268 g/mol. The van der Waals surface area contributed by atoms with Gasteiger partial charge in [-0.1, -0.05) is 20.3 Å². The molecule has 2 aromatic rings. The number of hydrogen-bond acceptors (Lipinski definition) is 3. The zero-order chi connectivity index (χ0) is 15.4. The minimum atomic E-state index is -0.526. The largest absolute Gasteiger partial charge is 0.330 e. The van der Waals surface area contributed by atoms with E-state index in [1.807, 2.05) is 13.8 Å². The van der Waals surface area contributed by atoms with Crippen LogP contribution in [0.3, 0.4) is 0 Å². The highest BCUT2D eigenvalue weighted by atomic mass is 16.2. The SMILES string of the molecule is CC[C@H](C)[C@H](N)C(=O)Nc1ccc(-n2cc[nH]c2=O)cc1. The lowest BCUT2D eigenvalue weighted by molar-refractivity contribution is -0.118. The molecule has 0 fully saturated rings. The van der Waals surface area contributed by atoms with E-state index in [2.05, 4.69) is 10.3 Å². The number of amides is 1. The van der Waals surface area contributed by atoms with Crippen molar-refractivity contribution >= 4 is 11.6 Å². The lowest BCUT2D eigenvalue weighted by atomic mass is 9.99. The molecule has 2 rings (SSSR count). The zero-order valence-electron chi connectivity index (χ0n) is 12.2. The first-order valence-corrected chi connectivity index (χ1v) is 6.96. The Bertz CT molecular complexity index is 657. The van der Waals surface area contributed by atoms with E-state index in [4.69, 9.17) is 5.73 Å². The first kappa shape index (κ1) is 15.1. The number of carbonyl (C=O) groups excluding carboxylic acids is 1. The Morgan fingerprint density at radius 2 is 2.05 bits per heavy atom. The van der Waals surface area contributed by atoms with Crippen LogP contribution in [0, 0.1) is 5.92 Å². The fourth-order valence-corrected chi connectivity index (χ4v) is 1.97. The second-order valence-corrected chi connectivity index (χ2v) is 5.08. The summed E-state index contributed by atoms with van der Waals surface area (Å²) in [6, 6.07) is 6.49. The van der Waals surface area contributed by atoms with Crippen LogP contribution in [-0.2, 0) is 4.79 Å². The average molecular weight is 288 g/mol. The van der Waals surface area contributed by atoms with Gasteiger partial charge >= 0.3 is 5.69 Å². The van der Waals surface area contributed by atoms with Crippen molar-refractivity contribution in [2.45, 2.75) is 26.3 Å². The fraction of sp³-hybridized carbons (Fsp3) is 0.333. The van der Waals surface area contributed by atoms with Crippen LogP contribution < -0.4 is 16.7 Å². The van der Waals surface area contributed by atoms with Gasteiger partial charge in [-0.05, 0) is 30.2 Å². The summed E-state index contributed by atoms with van der Waals surface area (Å²) in [5, 5.41) is 2.78. The molecular formula is C15H20N4O2. The summed E-state index contributed by atoms with van der Waals surface area (Å²) in [5.41, 5.74) is 7.07. The summed E-state index contributed by atoms with van der Waals surface area (Å²) in [6.07, 6.45) is 4.07. The molecule has 0 bridgehead atoms. The van der Waals surface area contributed by atoms with Crippen LogP contribution in [0.25, 0.3) is 5.69 Å². The van der Waals surface area contributed by atoms with E-state index in [0.29, 0.717) is 5.69 Å². The molecule has 21 heavy (non-hydrogen) atoms. The molecule has 1 heterocycles. The van der Waals surface area contributed by atoms with Gasteiger partial charge in [-0.2, -0.15) is 0 Å². The van der Waals surface area contributed by atoms with Crippen molar-refractivity contribution < 1.29 is 4.79 Å². The van der Waals surface area contributed by atoms with E-state index in [0.717, 1.165) is 12.1 Å². The van der Waals surface area contributed by atoms with Crippen molar-refractivity contribution in [1.29, 1.82) is 0 Å². The van der Waals surface area contributed by atoms with E-state index < -0.39 is 6.04 Å². The first-order chi connectivity index (χ1) is 10.0. The maximum atomic E-state index is 12.0. The highest BCUT2D eigenvalue weighted by Gasteiger charge is 2.19. The van der Waals surface area contributed by atoms with Gasteiger partial charge in [0.15, 0.2) is 0 Å². The van der Waals surface area contributed by atoms with Crippen LogP contribution in [0.1, 0.15) is 20.3 Å². The monoisotopic (exact) mass is 288 g/mol. The second kappa shape index (κ2) is 6.41. The van der Waals surface area contributed by atoms with Crippen LogP contribution in [0.15, 0.2) is 41.5 Å². The second-order valence-electron chi connectivity index (χ2n) is 5.08. The van der Waals surface area contributed by atoms with Crippen molar-refractivity contribution in [3.05, 3.63) is 47.1 Å². The number of nitrogens with zero attached hydrogens (tertiary/aromatic N) is 1. The molecule has 0 aliphatic heterocycles. The summed E-state index contributed by atoms with van der Waals surface area (Å²) in [6.45, 7) is 3.95. The quantitative estimate of drug-likeness (QED) is 0.778. The minimum Gasteiger partial charge on any atom is -0.325 e. The minimum absolute atomic E-state index is 0.128. The van der Waals surface area contributed by atoms with Crippen molar-refractivity contribution in [2.24, 2.45) is 11.7 Å². The fourth-order valence-electron chi connectivity index (χ4n) is 1.97. The van der Waals surface area contributed by atoms with E-state index in [1.165, 1.54) is 4.57 Å². The number of nitrogens with two attached hydrogens (primary N) is 1. The molecule has 0 saturated heterocycles. The van der Waals surface area contributed by atoms with Gasteiger partial charge < -0.3 is 16.0 Å². The number of aromatic amines is 1. The molecule has 2 atom stereocenters. The molecule has 6 heteroatoms. The van der Waals surface area contributed by atoms with Crippen molar-refractivity contribution in [1.82, 2.24) is 9.55 Å². The third-order valence-corrected chi connectivity index (χ3v) is 3.62. The first-order valence-electron chi connectivity index (χ1n) is 6.96. The molecule has 0 saturated carbocycles. The van der Waals surface area contributed by atoms with Crippen LogP contribution in [0.5, 0.6) is 0 Å². The maximum Gasteiger partial charge on any atom is 0.330 e. The Kier molecular flexibility index (Phi) is 4.59. The lowest BCUT2D eigenvalue weighted by Crippen LogP contribution is -2.40. The number of hydrogen-bond donors (Lipinski definition) is 3. The molecule has 1 aromatic heterocycles. The molecule has 112 valence electrons. The number of benzene rings is 1. The molecule has 0 unspecified atom stereocenters. The maximum absolute atomic E-state index is 12.0. The Morgan fingerprint density at radius 3 is 2.57 bits per heavy atom. The van der Waals surface area contributed by atoms with Gasteiger partial charge in [0.1, 0.15) is 0 Å². The van der Waals surface area contributed by atoms with E-state index >= 15 is 0 Å². The summed E-state index contributed by atoms with van der Waals surface area (Å²) in [4.78, 5) is 26.1. The normalized spacial score (nSPS) is 13.7. The topological polar surface area (TPSA) is 92.9 Å². The number of aromatic nitrogens is 2. The average Bonchev–Trinajstić information content (AvgIpc) is 2.92. The molecule has 0 aliphatic carbocycles. The Hall–Kier alpha value is -2.34. The number of rotatable bonds is 5. The van der Waals surface area contributed by atoms with Crippen LogP contribution >= 0.6 is 0 Å². The van der Waals surface area contributed by atoms with Crippen molar-refractivity contribution in [3.8, 4) is 5.69 Å². The number of carbonyl (C=O) groups is 1. The van der Waals surface area contributed by atoms with Gasteiger partial charge in [0.2, 0.25) is 5.91 Å². The van der Waals surface area contributed by atoms with Gasteiger partial charge in [0.05, 0.1) is 11.7 Å². The highest BCUT2D eigenvalue weighted by Crippen LogP contribution is 2.13. The predicted molar refractivity (Wildman–Crippen MR) is 82.4 cm³/mol. The molecule has 1 amide bonds. The summed E-state index contributed by atoms with van der Waals surface area (Å²) < 4.78 is 1.48. The van der Waals surface area contributed by atoms with Gasteiger partial charge in [-0.15, -0.1) is 0 Å². The summed E-state index contributed by atoms with van der Waals surface area (Å²) >= 11 is 0. The molecule has 6 nitrogen and oxygen atoms in total. The summed E-state index contributed by atoms with van der Waals surface area (Å²) in [5.74, 6) is -0.0707. The highest BCUT2D eigenvalue weighted by molar-refractivity contribution is 5.94. The molecule has 0 radical (unpaired) electrons. The number of H-pyrrole nitrogens is 1. The van der Waals surface area contributed by atoms with Crippen molar-refractivity contribution in [3.63, 3.8) is 0 Å². The van der Waals surface area contributed by atoms with Gasteiger partial charge in [0, 0.05) is 18.1 Å². The molecule has 0 spiro atoms. The van der Waals surface area contributed by atoms with Gasteiger partial charge in [-0.25, -0.2) is 4.79 Å². The third kappa shape index (κ3) is 3.41.